The minimum Gasteiger partial charge on any atom is -0.506 e. The van der Waals surface area contributed by atoms with Crippen molar-refractivity contribution in [3.05, 3.63) is 53.6 Å². The summed E-state index contributed by atoms with van der Waals surface area (Å²) in [7, 11) is 0. The Labute approximate surface area is 314 Å². The Morgan fingerprint density at radius 3 is 1.54 bits per heavy atom. The monoisotopic (exact) mass is 749 g/mol. The van der Waals surface area contributed by atoms with Crippen molar-refractivity contribution in [2.24, 2.45) is 11.8 Å². The zero-order chi connectivity index (χ0) is 38.9. The molecule has 1 saturated carbocycles. The molecule has 3 aliphatic rings. The molecular weight excluding hydrogens is 698 g/mol. The highest BCUT2D eigenvalue weighted by atomic mass is 16.4. The predicted molar refractivity (Wildman–Crippen MR) is 197 cm³/mol. The van der Waals surface area contributed by atoms with Crippen LogP contribution in [-0.4, -0.2) is 140 Å². The average Bonchev–Trinajstić information content (AvgIpc) is 3.15. The molecule has 0 spiro atoms. The van der Waals surface area contributed by atoms with E-state index in [4.69, 9.17) is 0 Å². The molecule has 1 aliphatic carbocycles. The lowest BCUT2D eigenvalue weighted by Gasteiger charge is -2.45. The fourth-order valence-corrected chi connectivity index (χ4v) is 8.04. The molecule has 2 aromatic carbocycles. The van der Waals surface area contributed by atoms with Gasteiger partial charge in [0.15, 0.2) is 5.78 Å². The van der Waals surface area contributed by atoms with E-state index in [0.29, 0.717) is 57.2 Å². The van der Waals surface area contributed by atoms with Gasteiger partial charge in [0.2, 0.25) is 17.7 Å². The molecule has 292 valence electrons. The Kier molecular flexibility index (Phi) is 13.6. The standard InChI is InChI=1S/C39H51N5O10/c1-25-9-11-26(12-10-25)38(53)27-13-17-41(18-14-27)33(47)21-43(23-35(49)50)29-5-2-3-6-30(29)44(24-36(51)52)22-34(48)42-19-15-28(16-20-42)39(54)40-37-31(45)7-4-8-32(37)46/h4,7-12,27-30,45-46H,2-3,5-6,13-24H2,1H3,(H,40,54)(H,49,50)(H,51,52). The lowest BCUT2D eigenvalue weighted by molar-refractivity contribution is -0.147. The van der Waals surface area contributed by atoms with Gasteiger partial charge >= 0.3 is 11.9 Å². The molecule has 0 aromatic heterocycles. The Hall–Kier alpha value is -5.02. The first-order valence-corrected chi connectivity index (χ1v) is 18.7. The molecule has 15 heteroatoms. The van der Waals surface area contributed by atoms with Gasteiger partial charge in [-0.2, -0.15) is 0 Å². The normalized spacial score (nSPS) is 19.8. The maximum absolute atomic E-state index is 13.6. The van der Waals surface area contributed by atoms with Crippen LogP contribution < -0.4 is 5.32 Å². The Balaban J connectivity index is 1.20. The third-order valence-corrected chi connectivity index (χ3v) is 11.0. The number of hydrogen-bond acceptors (Lipinski definition) is 10. The molecule has 5 N–H and O–H groups in total. The van der Waals surface area contributed by atoms with E-state index in [-0.39, 0.29) is 66.9 Å². The molecule has 2 aliphatic heterocycles. The van der Waals surface area contributed by atoms with Crippen LogP contribution in [0.15, 0.2) is 42.5 Å². The van der Waals surface area contributed by atoms with Crippen molar-refractivity contribution in [3.8, 4) is 11.5 Å². The van der Waals surface area contributed by atoms with Gasteiger partial charge < -0.3 is 35.5 Å². The van der Waals surface area contributed by atoms with Crippen LogP contribution in [0.3, 0.4) is 0 Å². The highest BCUT2D eigenvalue weighted by molar-refractivity contribution is 5.98. The van der Waals surface area contributed by atoms with E-state index in [1.165, 1.54) is 18.2 Å². The highest BCUT2D eigenvalue weighted by Crippen LogP contribution is 2.34. The number of rotatable bonds is 14. The van der Waals surface area contributed by atoms with E-state index >= 15 is 0 Å². The second-order valence-electron chi connectivity index (χ2n) is 14.7. The summed E-state index contributed by atoms with van der Waals surface area (Å²) in [5, 5.41) is 42.4. The first-order chi connectivity index (χ1) is 25.8. The number of likely N-dealkylation sites (tertiary alicyclic amines) is 2. The van der Waals surface area contributed by atoms with Crippen LogP contribution in [0.5, 0.6) is 11.5 Å². The van der Waals surface area contributed by atoms with E-state index in [0.717, 1.165) is 18.4 Å². The number of ketones is 1. The Bertz CT molecular complexity index is 1660. The number of para-hydroxylation sites is 1. The number of aryl methyl sites for hydroxylation is 1. The van der Waals surface area contributed by atoms with Crippen LogP contribution >= 0.6 is 0 Å². The topological polar surface area (TPSA) is 208 Å². The SMILES string of the molecule is Cc1ccc(C(=O)C2CCN(C(=O)CN(CC(=O)O)C3CCCCC3N(CC(=O)O)CC(=O)N3CCC(C(=O)Nc4c(O)cccc4O)CC3)CC2)cc1. The number of hydrogen-bond donors (Lipinski definition) is 5. The first kappa shape index (κ1) is 40.2. The molecule has 0 radical (unpaired) electrons. The number of carboxylic acid groups (broad SMARTS) is 2. The lowest BCUT2D eigenvalue weighted by Crippen LogP contribution is -2.59. The molecule has 15 nitrogen and oxygen atoms in total. The smallest absolute Gasteiger partial charge is 0.317 e. The maximum Gasteiger partial charge on any atom is 0.317 e. The van der Waals surface area contributed by atoms with Crippen LogP contribution in [0.25, 0.3) is 0 Å². The summed E-state index contributed by atoms with van der Waals surface area (Å²) in [5.41, 5.74) is 1.62. The van der Waals surface area contributed by atoms with Crippen LogP contribution in [0.2, 0.25) is 0 Å². The van der Waals surface area contributed by atoms with Crippen LogP contribution in [0, 0.1) is 18.8 Å². The number of phenolic OH excluding ortho intramolecular Hbond substituents is 2. The van der Waals surface area contributed by atoms with E-state index in [2.05, 4.69) is 5.32 Å². The molecule has 5 rings (SSSR count). The summed E-state index contributed by atoms with van der Waals surface area (Å²) in [5.74, 6) is -4.42. The van der Waals surface area contributed by atoms with Crippen molar-refractivity contribution in [1.29, 1.82) is 0 Å². The summed E-state index contributed by atoms with van der Waals surface area (Å²) in [4.78, 5) is 83.9. The van der Waals surface area contributed by atoms with Gasteiger partial charge in [0.1, 0.15) is 17.2 Å². The lowest BCUT2D eigenvalue weighted by atomic mass is 9.87. The number of Topliss-reactive ketones (excluding diaryl/α,β-unsaturated/α-hetero) is 1. The fourth-order valence-electron chi connectivity index (χ4n) is 8.04. The number of nitrogens with one attached hydrogen (secondary N) is 1. The van der Waals surface area contributed by atoms with Crippen molar-refractivity contribution in [2.75, 3.05) is 57.7 Å². The molecule has 3 fully saturated rings. The molecule has 2 unspecified atom stereocenters. The largest absolute Gasteiger partial charge is 0.506 e. The van der Waals surface area contributed by atoms with Crippen LogP contribution in [-0.2, 0) is 24.0 Å². The van der Waals surface area contributed by atoms with Crippen molar-refractivity contribution in [2.45, 2.75) is 70.4 Å². The Morgan fingerprint density at radius 1 is 0.648 bits per heavy atom. The van der Waals surface area contributed by atoms with E-state index in [9.17, 15) is 49.2 Å². The average molecular weight is 750 g/mol. The van der Waals surface area contributed by atoms with Gasteiger partial charge in [0.25, 0.3) is 0 Å². The number of piperidine rings is 2. The third kappa shape index (κ3) is 10.3. The van der Waals surface area contributed by atoms with Crippen LogP contribution in [0.4, 0.5) is 5.69 Å². The quantitative estimate of drug-likeness (QED) is 0.140. The summed E-state index contributed by atoms with van der Waals surface area (Å²) in [6.45, 7) is 1.87. The molecule has 3 amide bonds. The number of amides is 3. The molecule has 2 aromatic rings. The van der Waals surface area contributed by atoms with Gasteiger partial charge in [-0.15, -0.1) is 0 Å². The van der Waals surface area contributed by atoms with Gasteiger partial charge in [0, 0.05) is 55.7 Å². The van der Waals surface area contributed by atoms with Crippen molar-refractivity contribution < 1.29 is 49.2 Å². The van der Waals surface area contributed by atoms with E-state index in [1.54, 1.807) is 19.6 Å². The van der Waals surface area contributed by atoms with Crippen LogP contribution in [0.1, 0.15) is 67.3 Å². The number of carbonyl (C=O) groups is 6. The summed E-state index contributed by atoms with van der Waals surface area (Å²) >= 11 is 0. The number of benzene rings is 2. The molecule has 54 heavy (non-hydrogen) atoms. The summed E-state index contributed by atoms with van der Waals surface area (Å²) in [6.07, 6.45) is 4.18. The van der Waals surface area contributed by atoms with E-state index < -0.39 is 48.9 Å². The summed E-state index contributed by atoms with van der Waals surface area (Å²) < 4.78 is 0. The molecule has 0 bridgehead atoms. The minimum absolute atomic E-state index is 0.0490. The van der Waals surface area contributed by atoms with Gasteiger partial charge in [-0.05, 0) is 57.6 Å². The Morgan fingerprint density at radius 2 is 1.09 bits per heavy atom. The van der Waals surface area contributed by atoms with Gasteiger partial charge in [-0.1, -0.05) is 48.7 Å². The van der Waals surface area contributed by atoms with Gasteiger partial charge in [0.05, 0.1) is 26.2 Å². The number of nitrogens with zero attached hydrogens (tertiary/aromatic N) is 4. The van der Waals surface area contributed by atoms with Crippen molar-refractivity contribution >= 4 is 41.1 Å². The zero-order valence-corrected chi connectivity index (χ0v) is 30.7. The van der Waals surface area contributed by atoms with Crippen molar-refractivity contribution in [1.82, 2.24) is 19.6 Å². The number of aliphatic carboxylic acids is 2. The van der Waals surface area contributed by atoms with Gasteiger partial charge in [-0.3, -0.25) is 38.6 Å². The number of phenols is 2. The fraction of sp³-hybridized carbons (Fsp3) is 0.538. The molecule has 2 heterocycles. The number of carbonyl (C=O) groups excluding carboxylic acids is 4. The van der Waals surface area contributed by atoms with Gasteiger partial charge in [-0.25, -0.2) is 0 Å². The predicted octanol–water partition coefficient (Wildman–Crippen LogP) is 2.79. The zero-order valence-electron chi connectivity index (χ0n) is 30.7. The number of anilines is 1. The van der Waals surface area contributed by atoms with Crippen molar-refractivity contribution in [3.63, 3.8) is 0 Å². The minimum atomic E-state index is -1.14. The highest BCUT2D eigenvalue weighted by Gasteiger charge is 2.39. The summed E-state index contributed by atoms with van der Waals surface area (Å²) in [6, 6.07) is 10.6. The molecule has 2 atom stereocenters. The number of aromatic hydroxyl groups is 2. The second kappa shape index (κ2) is 18.3. The maximum atomic E-state index is 13.6. The second-order valence-corrected chi connectivity index (χ2v) is 14.7. The first-order valence-electron chi connectivity index (χ1n) is 18.7. The number of carboxylic acids is 2. The molecular formula is C39H51N5O10. The third-order valence-electron chi connectivity index (χ3n) is 11.0. The van der Waals surface area contributed by atoms with E-state index in [1.807, 2.05) is 31.2 Å². The molecule has 2 saturated heterocycles.